The van der Waals surface area contributed by atoms with Crippen molar-refractivity contribution in [2.24, 2.45) is 0 Å². The Morgan fingerprint density at radius 2 is 2.00 bits per heavy atom. The average molecular weight is 207 g/mol. The highest BCUT2D eigenvalue weighted by molar-refractivity contribution is 5.41. The van der Waals surface area contributed by atoms with Crippen molar-refractivity contribution in [2.45, 2.75) is 26.8 Å². The van der Waals surface area contributed by atoms with Crippen molar-refractivity contribution in [3.05, 3.63) is 23.4 Å². The quantitative estimate of drug-likeness (QED) is 0.798. The lowest BCUT2D eigenvalue weighted by Crippen LogP contribution is -2.15. The Balaban J connectivity index is 2.90. The molecule has 0 amide bonds. The van der Waals surface area contributed by atoms with Gasteiger partial charge in [-0.2, -0.15) is 0 Å². The molecule has 0 spiro atoms. The zero-order valence-corrected chi connectivity index (χ0v) is 10.2. The summed E-state index contributed by atoms with van der Waals surface area (Å²) in [7, 11) is 4.05. The number of aryl methyl sites for hydroxylation is 1. The van der Waals surface area contributed by atoms with Gasteiger partial charge in [-0.05, 0) is 30.7 Å². The van der Waals surface area contributed by atoms with Crippen LogP contribution in [0.3, 0.4) is 0 Å². The van der Waals surface area contributed by atoms with Crippen LogP contribution in [0.4, 0.5) is 5.82 Å². The first kappa shape index (κ1) is 12.0. The molecule has 0 aliphatic carbocycles. The Morgan fingerprint density at radius 3 is 2.53 bits per heavy atom. The zero-order chi connectivity index (χ0) is 11.3. The SMILES string of the molecule is CCNCc1cc(CC)nc(N(C)C)c1. The molecule has 84 valence electrons. The Bertz CT molecular complexity index is 308. The Hall–Kier alpha value is -1.09. The second-order valence-corrected chi connectivity index (χ2v) is 3.85. The Morgan fingerprint density at radius 1 is 1.27 bits per heavy atom. The van der Waals surface area contributed by atoms with Crippen LogP contribution in [0.5, 0.6) is 0 Å². The molecule has 1 aromatic heterocycles. The van der Waals surface area contributed by atoms with Crippen molar-refractivity contribution in [1.82, 2.24) is 10.3 Å². The molecule has 3 nitrogen and oxygen atoms in total. The van der Waals surface area contributed by atoms with Gasteiger partial charge in [0.1, 0.15) is 5.82 Å². The molecule has 0 atom stereocenters. The van der Waals surface area contributed by atoms with Crippen molar-refractivity contribution in [2.75, 3.05) is 25.5 Å². The van der Waals surface area contributed by atoms with Crippen LogP contribution >= 0.6 is 0 Å². The minimum absolute atomic E-state index is 0.923. The van der Waals surface area contributed by atoms with Gasteiger partial charge in [0.15, 0.2) is 0 Å². The largest absolute Gasteiger partial charge is 0.363 e. The third-order valence-corrected chi connectivity index (χ3v) is 2.32. The van der Waals surface area contributed by atoms with Crippen LogP contribution in [-0.4, -0.2) is 25.6 Å². The molecule has 15 heavy (non-hydrogen) atoms. The second-order valence-electron chi connectivity index (χ2n) is 3.85. The third kappa shape index (κ3) is 3.51. The molecule has 1 heterocycles. The highest BCUT2D eigenvalue weighted by Crippen LogP contribution is 2.13. The highest BCUT2D eigenvalue weighted by Gasteiger charge is 2.02. The first-order valence-electron chi connectivity index (χ1n) is 5.55. The van der Waals surface area contributed by atoms with Gasteiger partial charge in [-0.1, -0.05) is 13.8 Å². The third-order valence-electron chi connectivity index (χ3n) is 2.32. The van der Waals surface area contributed by atoms with Gasteiger partial charge in [0.05, 0.1) is 0 Å². The van der Waals surface area contributed by atoms with Crippen LogP contribution in [0.1, 0.15) is 25.1 Å². The van der Waals surface area contributed by atoms with E-state index in [-0.39, 0.29) is 0 Å². The van der Waals surface area contributed by atoms with E-state index in [9.17, 15) is 0 Å². The molecule has 0 unspecified atom stereocenters. The summed E-state index contributed by atoms with van der Waals surface area (Å²) in [6.45, 7) is 6.18. The summed E-state index contributed by atoms with van der Waals surface area (Å²) < 4.78 is 0. The number of hydrogen-bond acceptors (Lipinski definition) is 3. The number of rotatable bonds is 5. The Kier molecular flexibility index (Phi) is 4.56. The van der Waals surface area contributed by atoms with E-state index in [0.717, 1.165) is 31.0 Å². The van der Waals surface area contributed by atoms with Crippen LogP contribution < -0.4 is 10.2 Å². The van der Waals surface area contributed by atoms with Crippen LogP contribution in [0.15, 0.2) is 12.1 Å². The summed E-state index contributed by atoms with van der Waals surface area (Å²) in [5, 5.41) is 3.34. The van der Waals surface area contributed by atoms with Crippen LogP contribution in [0.2, 0.25) is 0 Å². The fraction of sp³-hybridized carbons (Fsp3) is 0.583. The molecule has 0 aromatic carbocycles. The standard InChI is InChI=1S/C12H21N3/c1-5-11-7-10(9-13-6-2)8-12(14-11)15(3)4/h7-8,13H,5-6,9H2,1-4H3. The van der Waals surface area contributed by atoms with E-state index in [1.165, 1.54) is 5.56 Å². The van der Waals surface area contributed by atoms with E-state index < -0.39 is 0 Å². The number of nitrogens with zero attached hydrogens (tertiary/aromatic N) is 2. The molecule has 1 aromatic rings. The molecule has 0 aliphatic heterocycles. The molecule has 3 heteroatoms. The van der Waals surface area contributed by atoms with Crippen LogP contribution in [-0.2, 0) is 13.0 Å². The summed E-state index contributed by atoms with van der Waals surface area (Å²) >= 11 is 0. The number of aromatic nitrogens is 1. The summed E-state index contributed by atoms with van der Waals surface area (Å²) in [5.41, 5.74) is 2.47. The summed E-state index contributed by atoms with van der Waals surface area (Å²) in [6, 6.07) is 4.32. The van der Waals surface area contributed by atoms with Gasteiger partial charge in [-0.15, -0.1) is 0 Å². The lowest BCUT2D eigenvalue weighted by molar-refractivity contribution is 0.724. The molecule has 0 bridgehead atoms. The van der Waals surface area contributed by atoms with Crippen molar-refractivity contribution in [1.29, 1.82) is 0 Å². The maximum absolute atomic E-state index is 4.56. The van der Waals surface area contributed by atoms with Gasteiger partial charge >= 0.3 is 0 Å². The molecular formula is C12H21N3. The first-order valence-corrected chi connectivity index (χ1v) is 5.55. The van der Waals surface area contributed by atoms with Gasteiger partial charge in [-0.25, -0.2) is 4.98 Å². The number of pyridine rings is 1. The van der Waals surface area contributed by atoms with Crippen molar-refractivity contribution in [3.63, 3.8) is 0 Å². The smallest absolute Gasteiger partial charge is 0.128 e. The van der Waals surface area contributed by atoms with E-state index in [4.69, 9.17) is 0 Å². The maximum atomic E-state index is 4.56. The minimum atomic E-state index is 0.923. The minimum Gasteiger partial charge on any atom is -0.363 e. The zero-order valence-electron chi connectivity index (χ0n) is 10.2. The summed E-state index contributed by atoms with van der Waals surface area (Å²) in [6.07, 6.45) is 0.987. The van der Waals surface area contributed by atoms with E-state index >= 15 is 0 Å². The molecule has 0 saturated carbocycles. The van der Waals surface area contributed by atoms with Gasteiger partial charge in [0.2, 0.25) is 0 Å². The lowest BCUT2D eigenvalue weighted by atomic mass is 10.2. The molecule has 0 aliphatic rings. The predicted octanol–water partition coefficient (Wildman–Crippen LogP) is 1.82. The average Bonchev–Trinajstić information content (AvgIpc) is 2.25. The molecular weight excluding hydrogens is 186 g/mol. The van der Waals surface area contributed by atoms with Gasteiger partial charge in [0.25, 0.3) is 0 Å². The monoisotopic (exact) mass is 207 g/mol. The van der Waals surface area contributed by atoms with E-state index in [2.05, 4.69) is 41.2 Å². The predicted molar refractivity (Wildman–Crippen MR) is 65.3 cm³/mol. The highest BCUT2D eigenvalue weighted by atomic mass is 15.1. The van der Waals surface area contributed by atoms with Crippen molar-refractivity contribution >= 4 is 5.82 Å². The number of hydrogen-bond donors (Lipinski definition) is 1. The fourth-order valence-corrected chi connectivity index (χ4v) is 1.41. The summed E-state index contributed by atoms with van der Waals surface area (Å²) in [4.78, 5) is 6.61. The lowest BCUT2D eigenvalue weighted by Gasteiger charge is -2.14. The van der Waals surface area contributed by atoms with E-state index in [1.54, 1.807) is 0 Å². The van der Waals surface area contributed by atoms with Gasteiger partial charge in [0, 0.05) is 26.3 Å². The van der Waals surface area contributed by atoms with E-state index in [1.807, 2.05) is 14.1 Å². The maximum Gasteiger partial charge on any atom is 0.128 e. The van der Waals surface area contributed by atoms with Crippen molar-refractivity contribution < 1.29 is 0 Å². The molecule has 0 fully saturated rings. The fourth-order valence-electron chi connectivity index (χ4n) is 1.41. The number of anilines is 1. The summed E-state index contributed by atoms with van der Waals surface area (Å²) in [5.74, 6) is 1.04. The second kappa shape index (κ2) is 5.71. The molecule has 1 rings (SSSR count). The molecule has 0 saturated heterocycles. The number of nitrogens with one attached hydrogen (secondary N) is 1. The van der Waals surface area contributed by atoms with E-state index in [0.29, 0.717) is 0 Å². The topological polar surface area (TPSA) is 28.2 Å². The van der Waals surface area contributed by atoms with Crippen LogP contribution in [0, 0.1) is 0 Å². The first-order chi connectivity index (χ1) is 7.17. The molecule has 0 radical (unpaired) electrons. The molecule has 1 N–H and O–H groups in total. The normalized spacial score (nSPS) is 10.4. The van der Waals surface area contributed by atoms with Crippen LogP contribution in [0.25, 0.3) is 0 Å². The van der Waals surface area contributed by atoms with Crippen molar-refractivity contribution in [3.8, 4) is 0 Å². The van der Waals surface area contributed by atoms with Gasteiger partial charge < -0.3 is 10.2 Å². The van der Waals surface area contributed by atoms with Gasteiger partial charge in [-0.3, -0.25) is 0 Å². The Labute approximate surface area is 92.5 Å².